The van der Waals surface area contributed by atoms with Crippen molar-refractivity contribution in [2.75, 3.05) is 11.1 Å². The fraction of sp³-hybridized carbons (Fsp3) is 0. The molecule has 4 N–H and O–H groups in total. The minimum atomic E-state index is -3.76. The lowest BCUT2D eigenvalue weighted by Gasteiger charge is -2.19. The number of hydrogen-bond acceptors (Lipinski definition) is 4. The lowest BCUT2D eigenvalue weighted by Crippen LogP contribution is -2.39. The number of urea groups is 1. The maximum absolute atomic E-state index is 11.4. The average molecular weight is 213 g/mol. The Kier molecular flexibility index (Phi) is 1.65. The number of nitrogen functional groups attached to an aromatic ring is 1. The van der Waals surface area contributed by atoms with E-state index in [2.05, 4.69) is 5.32 Å². The zero-order valence-corrected chi connectivity index (χ0v) is 7.76. The van der Waals surface area contributed by atoms with Crippen molar-refractivity contribution < 1.29 is 13.2 Å². The maximum Gasteiger partial charge on any atom is 0.333 e. The zero-order chi connectivity index (χ0) is 10.3. The van der Waals surface area contributed by atoms with Gasteiger partial charge in [0.15, 0.2) is 0 Å². The summed E-state index contributed by atoms with van der Waals surface area (Å²) in [6.45, 7) is 0. The fourth-order valence-corrected chi connectivity index (χ4v) is 2.32. The van der Waals surface area contributed by atoms with E-state index in [4.69, 9.17) is 5.73 Å². The molecule has 0 bridgehead atoms. The van der Waals surface area contributed by atoms with E-state index in [9.17, 15) is 13.2 Å². The molecule has 0 fully saturated rings. The van der Waals surface area contributed by atoms with Crippen LogP contribution in [0.15, 0.2) is 23.1 Å². The summed E-state index contributed by atoms with van der Waals surface area (Å²) in [6, 6.07) is 3.59. The summed E-state index contributed by atoms with van der Waals surface area (Å²) >= 11 is 0. The van der Waals surface area contributed by atoms with Gasteiger partial charge in [-0.05, 0) is 12.1 Å². The van der Waals surface area contributed by atoms with Crippen LogP contribution in [0.3, 0.4) is 0 Å². The van der Waals surface area contributed by atoms with Gasteiger partial charge < -0.3 is 11.1 Å². The molecule has 1 heterocycles. The van der Waals surface area contributed by atoms with Gasteiger partial charge in [-0.15, -0.1) is 0 Å². The SMILES string of the molecule is Nc1cccc2c1NC(=O)NS2(=O)=O. The van der Waals surface area contributed by atoms with Gasteiger partial charge in [0.1, 0.15) is 4.90 Å². The van der Waals surface area contributed by atoms with Crippen molar-refractivity contribution in [2.45, 2.75) is 4.90 Å². The van der Waals surface area contributed by atoms with Crippen LogP contribution in [0.1, 0.15) is 0 Å². The molecule has 6 nitrogen and oxygen atoms in total. The predicted octanol–water partition coefficient (Wildman–Crippen LogP) is 0.0926. The number of hydrogen-bond donors (Lipinski definition) is 3. The van der Waals surface area contributed by atoms with E-state index in [-0.39, 0.29) is 16.3 Å². The molecule has 0 radical (unpaired) electrons. The number of para-hydroxylation sites is 1. The van der Waals surface area contributed by atoms with Crippen LogP contribution in [0, 0.1) is 0 Å². The highest BCUT2D eigenvalue weighted by atomic mass is 32.2. The van der Waals surface area contributed by atoms with Crippen LogP contribution in [0.5, 0.6) is 0 Å². The van der Waals surface area contributed by atoms with Crippen molar-refractivity contribution in [1.29, 1.82) is 0 Å². The molecule has 0 aromatic heterocycles. The van der Waals surface area contributed by atoms with E-state index in [0.29, 0.717) is 0 Å². The number of carbonyl (C=O) groups is 1. The average Bonchev–Trinajstić information content (AvgIpc) is 2.05. The molecule has 0 atom stereocenters. The Hall–Kier alpha value is -1.76. The highest BCUT2D eigenvalue weighted by molar-refractivity contribution is 7.90. The molecule has 1 aliphatic rings. The number of carbonyl (C=O) groups excluding carboxylic acids is 1. The fourth-order valence-electron chi connectivity index (χ4n) is 1.22. The van der Waals surface area contributed by atoms with Crippen molar-refractivity contribution >= 4 is 27.4 Å². The molecule has 7 heteroatoms. The Morgan fingerprint density at radius 3 is 2.71 bits per heavy atom. The third kappa shape index (κ3) is 1.18. The van der Waals surface area contributed by atoms with Crippen molar-refractivity contribution in [1.82, 2.24) is 4.72 Å². The lowest BCUT2D eigenvalue weighted by atomic mass is 10.3. The Morgan fingerprint density at radius 2 is 2.00 bits per heavy atom. The first-order valence-electron chi connectivity index (χ1n) is 3.73. The van der Waals surface area contributed by atoms with Gasteiger partial charge >= 0.3 is 6.03 Å². The summed E-state index contributed by atoms with van der Waals surface area (Å²) in [5, 5.41) is 2.33. The molecule has 74 valence electrons. The first-order chi connectivity index (χ1) is 6.50. The van der Waals surface area contributed by atoms with Gasteiger partial charge in [0.05, 0.1) is 11.4 Å². The van der Waals surface area contributed by atoms with Crippen LogP contribution in [0.2, 0.25) is 0 Å². The summed E-state index contributed by atoms with van der Waals surface area (Å²) < 4.78 is 24.6. The third-order valence-electron chi connectivity index (χ3n) is 1.81. The maximum atomic E-state index is 11.4. The van der Waals surface area contributed by atoms with Crippen LogP contribution in [-0.2, 0) is 10.0 Å². The van der Waals surface area contributed by atoms with E-state index in [1.54, 1.807) is 4.72 Å². The van der Waals surface area contributed by atoms with Crippen LogP contribution < -0.4 is 15.8 Å². The van der Waals surface area contributed by atoms with E-state index >= 15 is 0 Å². The molecule has 0 saturated carbocycles. The second kappa shape index (κ2) is 2.61. The monoisotopic (exact) mass is 213 g/mol. The summed E-state index contributed by atoms with van der Waals surface area (Å²) in [5.41, 5.74) is 5.88. The van der Waals surface area contributed by atoms with Crippen LogP contribution >= 0.6 is 0 Å². The molecule has 1 aliphatic heterocycles. The Morgan fingerprint density at radius 1 is 1.29 bits per heavy atom. The number of anilines is 2. The predicted molar refractivity (Wildman–Crippen MR) is 50.2 cm³/mol. The summed E-state index contributed by atoms with van der Waals surface area (Å²) in [4.78, 5) is 10.9. The van der Waals surface area contributed by atoms with Gasteiger partial charge in [0, 0.05) is 0 Å². The van der Waals surface area contributed by atoms with E-state index in [1.165, 1.54) is 18.2 Å². The van der Waals surface area contributed by atoms with Gasteiger partial charge in [0.25, 0.3) is 10.0 Å². The van der Waals surface area contributed by atoms with Gasteiger partial charge in [0.2, 0.25) is 0 Å². The number of nitrogens with one attached hydrogen (secondary N) is 2. The zero-order valence-electron chi connectivity index (χ0n) is 6.94. The van der Waals surface area contributed by atoms with Crippen LogP contribution in [0.25, 0.3) is 0 Å². The van der Waals surface area contributed by atoms with Crippen molar-refractivity contribution in [2.24, 2.45) is 0 Å². The molecule has 0 saturated heterocycles. The molecule has 2 rings (SSSR count). The molecular weight excluding hydrogens is 206 g/mol. The normalized spacial score (nSPS) is 17.9. The van der Waals surface area contributed by atoms with E-state index in [1.807, 2.05) is 0 Å². The minimum absolute atomic E-state index is 0.0166. The lowest BCUT2D eigenvalue weighted by molar-refractivity contribution is 0.256. The van der Waals surface area contributed by atoms with Crippen molar-refractivity contribution in [3.63, 3.8) is 0 Å². The smallest absolute Gasteiger partial charge is 0.333 e. The first kappa shape index (κ1) is 8.82. The van der Waals surface area contributed by atoms with E-state index < -0.39 is 16.1 Å². The van der Waals surface area contributed by atoms with Gasteiger partial charge in [-0.1, -0.05) is 6.07 Å². The third-order valence-corrected chi connectivity index (χ3v) is 3.19. The quantitative estimate of drug-likeness (QED) is 0.531. The molecule has 2 amide bonds. The summed E-state index contributed by atoms with van der Waals surface area (Å²) in [7, 11) is -3.76. The first-order valence-corrected chi connectivity index (χ1v) is 5.21. The molecule has 14 heavy (non-hydrogen) atoms. The standard InChI is InChI=1S/C7H7N3O3S/c8-4-2-1-3-5-6(4)9-7(11)10-14(5,12)13/h1-3H,8H2,(H2,9,10,11). The number of amides is 2. The molecule has 0 spiro atoms. The largest absolute Gasteiger partial charge is 0.397 e. The Balaban J connectivity index is 2.76. The number of nitrogens with two attached hydrogens (primary N) is 1. The van der Waals surface area contributed by atoms with Crippen LogP contribution in [0.4, 0.5) is 16.2 Å². The highest BCUT2D eigenvalue weighted by Crippen LogP contribution is 2.29. The summed E-state index contributed by atoms with van der Waals surface area (Å²) in [5.74, 6) is 0. The Bertz CT molecular complexity index is 509. The van der Waals surface area contributed by atoms with Gasteiger partial charge in [-0.25, -0.2) is 17.9 Å². The van der Waals surface area contributed by atoms with Crippen LogP contribution in [-0.4, -0.2) is 14.4 Å². The van der Waals surface area contributed by atoms with Gasteiger partial charge in [-0.2, -0.15) is 0 Å². The highest BCUT2D eigenvalue weighted by Gasteiger charge is 2.28. The molecular formula is C7H7N3O3S. The van der Waals surface area contributed by atoms with E-state index in [0.717, 1.165) is 0 Å². The Labute approximate surface area is 80.2 Å². The second-order valence-electron chi connectivity index (χ2n) is 2.78. The number of fused-ring (bicyclic) bond motifs is 1. The van der Waals surface area contributed by atoms with Crippen molar-refractivity contribution in [3.8, 4) is 0 Å². The second-order valence-corrected chi connectivity index (χ2v) is 4.43. The molecule has 1 aromatic carbocycles. The molecule has 0 aliphatic carbocycles. The number of benzene rings is 1. The van der Waals surface area contributed by atoms with Crippen molar-refractivity contribution in [3.05, 3.63) is 18.2 Å². The number of rotatable bonds is 0. The number of sulfonamides is 1. The molecule has 0 unspecified atom stereocenters. The topological polar surface area (TPSA) is 101 Å². The summed E-state index contributed by atoms with van der Waals surface area (Å²) in [6.07, 6.45) is 0. The van der Waals surface area contributed by atoms with Gasteiger partial charge in [-0.3, -0.25) is 0 Å². The molecule has 1 aromatic rings. The minimum Gasteiger partial charge on any atom is -0.397 e.